The third-order valence-corrected chi connectivity index (χ3v) is 6.56. The van der Waals surface area contributed by atoms with Crippen molar-refractivity contribution in [2.75, 3.05) is 31.1 Å². The molecule has 2 N–H and O–H groups in total. The van der Waals surface area contributed by atoms with Crippen LogP contribution in [0.2, 0.25) is 0 Å². The summed E-state index contributed by atoms with van der Waals surface area (Å²) in [6.07, 6.45) is 1.76. The fourth-order valence-corrected chi connectivity index (χ4v) is 4.87. The number of phenols is 1. The summed E-state index contributed by atoms with van der Waals surface area (Å²) >= 11 is 0. The van der Waals surface area contributed by atoms with Crippen LogP contribution in [0.5, 0.6) is 5.75 Å². The summed E-state index contributed by atoms with van der Waals surface area (Å²) < 4.78 is 27.6. The molecule has 1 aromatic heterocycles. The largest absolute Gasteiger partial charge is 0.508 e. The summed E-state index contributed by atoms with van der Waals surface area (Å²) in [5.41, 5.74) is 1.64. The second kappa shape index (κ2) is 6.09. The van der Waals surface area contributed by atoms with E-state index in [0.29, 0.717) is 36.6 Å². The van der Waals surface area contributed by atoms with E-state index in [1.54, 1.807) is 34.8 Å². The van der Waals surface area contributed by atoms with Gasteiger partial charge in [0, 0.05) is 43.4 Å². The fraction of sp³-hybridized carbons (Fsp3) is 0.222. The van der Waals surface area contributed by atoms with E-state index in [-0.39, 0.29) is 5.75 Å². The van der Waals surface area contributed by atoms with Crippen LogP contribution < -0.4 is 4.90 Å². The first-order valence-electron chi connectivity index (χ1n) is 8.16. The van der Waals surface area contributed by atoms with Crippen molar-refractivity contribution in [2.24, 2.45) is 0 Å². The van der Waals surface area contributed by atoms with Gasteiger partial charge in [-0.05, 0) is 36.4 Å². The molecule has 0 saturated carbocycles. The highest BCUT2D eigenvalue weighted by atomic mass is 32.2. The normalized spacial score (nSPS) is 16.4. The molecule has 0 unspecified atom stereocenters. The Hall–Kier alpha value is -2.51. The van der Waals surface area contributed by atoms with Crippen LogP contribution in [0.4, 0.5) is 5.69 Å². The average molecular weight is 357 g/mol. The summed E-state index contributed by atoms with van der Waals surface area (Å²) in [5, 5.41) is 10.3. The summed E-state index contributed by atoms with van der Waals surface area (Å²) in [6, 6.07) is 14.2. The van der Waals surface area contributed by atoms with E-state index in [1.807, 2.05) is 24.3 Å². The quantitative estimate of drug-likeness (QED) is 0.755. The number of para-hydroxylation sites is 1. The zero-order valence-electron chi connectivity index (χ0n) is 13.6. The molecule has 130 valence electrons. The number of benzene rings is 2. The molecule has 2 aromatic carbocycles. The lowest BCUT2D eigenvalue weighted by Gasteiger charge is -2.35. The second-order valence-corrected chi connectivity index (χ2v) is 8.01. The summed E-state index contributed by atoms with van der Waals surface area (Å²) in [6.45, 7) is 2.09. The third-order valence-electron chi connectivity index (χ3n) is 4.62. The Morgan fingerprint density at radius 3 is 2.36 bits per heavy atom. The number of hydrogen-bond acceptors (Lipinski definition) is 4. The van der Waals surface area contributed by atoms with Gasteiger partial charge in [-0.25, -0.2) is 8.42 Å². The van der Waals surface area contributed by atoms with Crippen LogP contribution >= 0.6 is 0 Å². The van der Waals surface area contributed by atoms with Crippen molar-refractivity contribution in [3.8, 4) is 5.75 Å². The molecule has 1 saturated heterocycles. The van der Waals surface area contributed by atoms with E-state index in [0.717, 1.165) is 11.1 Å². The minimum absolute atomic E-state index is 0.226. The van der Waals surface area contributed by atoms with Gasteiger partial charge in [-0.1, -0.05) is 12.1 Å². The monoisotopic (exact) mass is 357 g/mol. The first kappa shape index (κ1) is 16.0. The molecular weight excluding hydrogens is 338 g/mol. The average Bonchev–Trinajstić information content (AvgIpc) is 3.11. The maximum atomic E-state index is 13.0. The Morgan fingerprint density at radius 1 is 0.920 bits per heavy atom. The molecule has 0 radical (unpaired) electrons. The first-order valence-corrected chi connectivity index (χ1v) is 9.60. The molecule has 2 heterocycles. The van der Waals surface area contributed by atoms with Gasteiger partial charge in [-0.2, -0.15) is 4.31 Å². The molecule has 1 fully saturated rings. The van der Waals surface area contributed by atoms with Crippen LogP contribution in [0, 0.1) is 0 Å². The van der Waals surface area contributed by atoms with Crippen molar-refractivity contribution in [3.05, 3.63) is 54.7 Å². The van der Waals surface area contributed by atoms with Crippen molar-refractivity contribution in [2.45, 2.75) is 4.90 Å². The van der Waals surface area contributed by atoms with Crippen molar-refractivity contribution in [1.29, 1.82) is 0 Å². The highest BCUT2D eigenvalue weighted by Crippen LogP contribution is 2.26. The number of phenolic OH excluding ortho intramolecular Hbond substituents is 1. The lowest BCUT2D eigenvalue weighted by atomic mass is 10.2. The van der Waals surface area contributed by atoms with Crippen LogP contribution in [0.25, 0.3) is 10.9 Å². The predicted molar refractivity (Wildman–Crippen MR) is 97.4 cm³/mol. The number of hydrogen-bond donors (Lipinski definition) is 2. The first-order chi connectivity index (χ1) is 12.1. The summed E-state index contributed by atoms with van der Waals surface area (Å²) in [5.74, 6) is 0.226. The van der Waals surface area contributed by atoms with Gasteiger partial charge in [-0.15, -0.1) is 0 Å². The Labute approximate surface area is 146 Å². The SMILES string of the molecule is O=S(=O)(c1cccc2cc[nH]c12)N1CCN(c2ccc(O)cc2)CC1. The Kier molecular flexibility index (Phi) is 3.89. The fourth-order valence-electron chi connectivity index (χ4n) is 3.26. The molecule has 0 aliphatic carbocycles. The zero-order valence-corrected chi connectivity index (χ0v) is 14.4. The standard InChI is InChI=1S/C18H19N3O3S/c22-16-6-4-15(5-7-16)20-10-12-21(13-11-20)25(23,24)17-3-1-2-14-8-9-19-18(14)17/h1-9,19,22H,10-13H2. The van der Waals surface area contributed by atoms with Crippen molar-refractivity contribution in [3.63, 3.8) is 0 Å². The highest BCUT2D eigenvalue weighted by molar-refractivity contribution is 7.89. The van der Waals surface area contributed by atoms with Gasteiger partial charge in [0.1, 0.15) is 10.6 Å². The molecule has 1 aliphatic rings. The molecule has 1 aliphatic heterocycles. The van der Waals surface area contributed by atoms with Crippen LogP contribution in [0.3, 0.4) is 0 Å². The third kappa shape index (κ3) is 2.85. The summed E-state index contributed by atoms with van der Waals surface area (Å²) in [7, 11) is -3.54. The second-order valence-electron chi connectivity index (χ2n) is 6.11. The number of aromatic hydroxyl groups is 1. The number of anilines is 1. The summed E-state index contributed by atoms with van der Waals surface area (Å²) in [4.78, 5) is 5.49. The van der Waals surface area contributed by atoms with E-state index in [2.05, 4.69) is 9.88 Å². The molecular formula is C18H19N3O3S. The minimum atomic E-state index is -3.54. The van der Waals surface area contributed by atoms with Gasteiger partial charge in [0.05, 0.1) is 5.52 Å². The zero-order chi connectivity index (χ0) is 17.4. The molecule has 6 nitrogen and oxygen atoms in total. The van der Waals surface area contributed by atoms with Crippen molar-refractivity contribution >= 4 is 26.6 Å². The number of sulfonamides is 1. The maximum Gasteiger partial charge on any atom is 0.245 e. The lowest BCUT2D eigenvalue weighted by molar-refractivity contribution is 0.385. The van der Waals surface area contributed by atoms with Crippen molar-refractivity contribution in [1.82, 2.24) is 9.29 Å². The van der Waals surface area contributed by atoms with E-state index in [1.165, 1.54) is 0 Å². The molecule has 7 heteroatoms. The number of H-pyrrole nitrogens is 1. The van der Waals surface area contributed by atoms with Crippen molar-refractivity contribution < 1.29 is 13.5 Å². The number of piperazine rings is 1. The van der Waals surface area contributed by atoms with Gasteiger partial charge < -0.3 is 15.0 Å². The molecule has 0 atom stereocenters. The van der Waals surface area contributed by atoms with Crippen LogP contribution in [0.1, 0.15) is 0 Å². The molecule has 0 amide bonds. The molecule has 25 heavy (non-hydrogen) atoms. The minimum Gasteiger partial charge on any atom is -0.508 e. The number of aromatic amines is 1. The molecule has 3 aromatic rings. The van der Waals surface area contributed by atoms with Gasteiger partial charge in [-0.3, -0.25) is 0 Å². The van der Waals surface area contributed by atoms with E-state index in [9.17, 15) is 13.5 Å². The number of fused-ring (bicyclic) bond motifs is 1. The van der Waals surface area contributed by atoms with E-state index < -0.39 is 10.0 Å². The Balaban J connectivity index is 1.55. The van der Waals surface area contributed by atoms with Gasteiger partial charge in [0.15, 0.2) is 0 Å². The smallest absolute Gasteiger partial charge is 0.245 e. The maximum absolute atomic E-state index is 13.0. The van der Waals surface area contributed by atoms with E-state index in [4.69, 9.17) is 0 Å². The predicted octanol–water partition coefficient (Wildman–Crippen LogP) is 2.38. The number of nitrogens with one attached hydrogen (secondary N) is 1. The topological polar surface area (TPSA) is 76.6 Å². The molecule has 0 spiro atoms. The lowest BCUT2D eigenvalue weighted by Crippen LogP contribution is -2.48. The molecule has 0 bridgehead atoms. The number of rotatable bonds is 3. The Morgan fingerprint density at radius 2 is 1.64 bits per heavy atom. The molecule has 4 rings (SSSR count). The van der Waals surface area contributed by atoms with Gasteiger partial charge >= 0.3 is 0 Å². The highest BCUT2D eigenvalue weighted by Gasteiger charge is 2.30. The van der Waals surface area contributed by atoms with Crippen LogP contribution in [-0.2, 0) is 10.0 Å². The number of aromatic nitrogens is 1. The Bertz CT molecular complexity index is 988. The number of nitrogens with zero attached hydrogens (tertiary/aromatic N) is 2. The van der Waals surface area contributed by atoms with E-state index >= 15 is 0 Å². The van der Waals surface area contributed by atoms with Crippen LogP contribution in [0.15, 0.2) is 59.6 Å². The van der Waals surface area contributed by atoms with Crippen LogP contribution in [-0.4, -0.2) is 49.0 Å². The van der Waals surface area contributed by atoms with Gasteiger partial charge in [0.2, 0.25) is 10.0 Å². The van der Waals surface area contributed by atoms with Gasteiger partial charge in [0.25, 0.3) is 0 Å².